The second-order valence-electron chi connectivity index (χ2n) is 6.76. The summed E-state index contributed by atoms with van der Waals surface area (Å²) in [5.41, 5.74) is 1.26. The number of likely N-dealkylation sites (tertiary alicyclic amines) is 1. The van der Waals surface area contributed by atoms with Gasteiger partial charge in [-0.25, -0.2) is 4.79 Å². The summed E-state index contributed by atoms with van der Waals surface area (Å²) in [6.45, 7) is 5.90. The summed E-state index contributed by atoms with van der Waals surface area (Å²) in [6, 6.07) is 5.35. The van der Waals surface area contributed by atoms with Crippen molar-refractivity contribution < 1.29 is 9.21 Å². The summed E-state index contributed by atoms with van der Waals surface area (Å²) >= 11 is 6.08. The van der Waals surface area contributed by atoms with E-state index in [4.69, 9.17) is 16.0 Å². The number of benzene rings is 1. The monoisotopic (exact) mass is 365 g/mol. The number of oxazole rings is 1. The van der Waals surface area contributed by atoms with Crippen molar-refractivity contribution in [3.8, 4) is 0 Å². The number of nitrogens with one attached hydrogen (secondary N) is 1. The molecule has 1 aliphatic rings. The van der Waals surface area contributed by atoms with E-state index in [1.165, 1.54) is 0 Å². The molecule has 1 fully saturated rings. The second kappa shape index (κ2) is 7.62. The fourth-order valence-corrected chi connectivity index (χ4v) is 3.53. The molecule has 3 rings (SSSR count). The number of fused-ring (bicyclic) bond motifs is 1. The van der Waals surface area contributed by atoms with Gasteiger partial charge in [0.15, 0.2) is 5.58 Å². The molecule has 136 valence electrons. The quantitative estimate of drug-likeness (QED) is 0.884. The minimum Gasteiger partial charge on any atom is -0.408 e. The number of rotatable bonds is 5. The van der Waals surface area contributed by atoms with E-state index >= 15 is 0 Å². The molecular weight excluding hydrogens is 342 g/mol. The Hall–Kier alpha value is -1.79. The molecule has 6 nitrogen and oxygen atoms in total. The zero-order chi connectivity index (χ0) is 18.0. The molecule has 2 atom stereocenters. The van der Waals surface area contributed by atoms with E-state index in [1.807, 2.05) is 13.8 Å². The third-order valence-corrected chi connectivity index (χ3v) is 5.04. The summed E-state index contributed by atoms with van der Waals surface area (Å²) < 4.78 is 7.02. The fraction of sp³-hybridized carbons (Fsp3) is 0.556. The number of carbonyl (C=O) groups excluding carboxylic acids is 1. The van der Waals surface area contributed by atoms with Crippen LogP contribution in [0, 0.1) is 0 Å². The minimum absolute atomic E-state index is 0.0163. The van der Waals surface area contributed by atoms with Crippen LogP contribution in [0.2, 0.25) is 5.02 Å². The Labute approximate surface area is 151 Å². The third-order valence-electron chi connectivity index (χ3n) is 4.81. The molecule has 0 bridgehead atoms. The van der Waals surface area contributed by atoms with E-state index in [0.29, 0.717) is 29.2 Å². The molecule has 0 unspecified atom stereocenters. The summed E-state index contributed by atoms with van der Waals surface area (Å²) in [5.74, 6) is -0.337. The molecule has 25 heavy (non-hydrogen) atoms. The van der Waals surface area contributed by atoms with Gasteiger partial charge in [0.1, 0.15) is 0 Å². The highest BCUT2D eigenvalue weighted by atomic mass is 35.5. The fourth-order valence-electron chi connectivity index (χ4n) is 3.36. The summed E-state index contributed by atoms with van der Waals surface area (Å²) in [7, 11) is 0. The number of halogens is 1. The zero-order valence-electron chi connectivity index (χ0n) is 14.6. The molecule has 0 saturated carbocycles. The topological polar surface area (TPSA) is 67.5 Å². The van der Waals surface area contributed by atoms with Crippen molar-refractivity contribution in [3.63, 3.8) is 0 Å². The molecule has 1 aromatic heterocycles. The Morgan fingerprint density at radius 1 is 1.48 bits per heavy atom. The van der Waals surface area contributed by atoms with Crippen molar-refractivity contribution in [2.75, 3.05) is 19.6 Å². The molecule has 0 aliphatic carbocycles. The van der Waals surface area contributed by atoms with Gasteiger partial charge in [-0.05, 0) is 50.9 Å². The number of aromatic nitrogens is 1. The van der Waals surface area contributed by atoms with E-state index in [0.717, 1.165) is 25.8 Å². The van der Waals surface area contributed by atoms with Gasteiger partial charge in [-0.15, -0.1) is 0 Å². The van der Waals surface area contributed by atoms with Gasteiger partial charge in [-0.3, -0.25) is 14.3 Å². The van der Waals surface area contributed by atoms with E-state index in [1.54, 1.807) is 22.8 Å². The first-order chi connectivity index (χ1) is 12.0. The number of amides is 1. The maximum absolute atomic E-state index is 12.3. The molecule has 7 heteroatoms. The van der Waals surface area contributed by atoms with Crippen LogP contribution < -0.4 is 11.1 Å². The van der Waals surface area contributed by atoms with Crippen LogP contribution in [-0.2, 0) is 4.79 Å². The average Bonchev–Trinajstić information content (AvgIpc) is 2.89. The van der Waals surface area contributed by atoms with Crippen molar-refractivity contribution in [1.29, 1.82) is 0 Å². The number of hydrogen-bond donors (Lipinski definition) is 1. The molecule has 2 heterocycles. The molecule has 1 saturated heterocycles. The number of nitrogens with zero attached hydrogens (tertiary/aromatic N) is 2. The van der Waals surface area contributed by atoms with Crippen LogP contribution in [0.3, 0.4) is 0 Å². The molecule has 0 radical (unpaired) electrons. The van der Waals surface area contributed by atoms with Crippen LogP contribution in [0.1, 0.15) is 39.2 Å². The first kappa shape index (κ1) is 18.0. The van der Waals surface area contributed by atoms with Crippen LogP contribution in [0.15, 0.2) is 27.4 Å². The van der Waals surface area contributed by atoms with Crippen molar-refractivity contribution >= 4 is 28.6 Å². The smallest absolute Gasteiger partial charge is 0.408 e. The Kier molecular flexibility index (Phi) is 5.49. The highest BCUT2D eigenvalue weighted by Crippen LogP contribution is 2.26. The average molecular weight is 366 g/mol. The summed E-state index contributed by atoms with van der Waals surface area (Å²) in [5, 5.41) is 3.56. The zero-order valence-corrected chi connectivity index (χ0v) is 15.4. The molecule has 2 aromatic rings. The van der Waals surface area contributed by atoms with Crippen LogP contribution >= 0.6 is 11.6 Å². The lowest BCUT2D eigenvalue weighted by Crippen LogP contribution is -2.45. The maximum atomic E-state index is 12.3. The number of carbonyl (C=O) groups is 1. The minimum atomic E-state index is -0.367. The molecule has 1 amide bonds. The molecule has 1 N–H and O–H groups in total. The van der Waals surface area contributed by atoms with E-state index < -0.39 is 0 Å². The summed E-state index contributed by atoms with van der Waals surface area (Å²) in [4.78, 5) is 26.6. The molecule has 1 aliphatic heterocycles. The second-order valence-corrected chi connectivity index (χ2v) is 7.19. The normalized spacial score (nSPS) is 19.9. The Morgan fingerprint density at radius 2 is 2.28 bits per heavy atom. The van der Waals surface area contributed by atoms with Crippen molar-refractivity contribution in [3.05, 3.63) is 33.8 Å². The third kappa shape index (κ3) is 4.07. The van der Waals surface area contributed by atoms with Gasteiger partial charge in [-0.2, -0.15) is 0 Å². The largest absolute Gasteiger partial charge is 0.420 e. The van der Waals surface area contributed by atoms with Gasteiger partial charge in [-0.1, -0.05) is 18.5 Å². The lowest BCUT2D eigenvalue weighted by atomic mass is 10.1. The van der Waals surface area contributed by atoms with Crippen LogP contribution in [-0.4, -0.2) is 41.1 Å². The number of piperidine rings is 1. The highest BCUT2D eigenvalue weighted by Gasteiger charge is 2.26. The van der Waals surface area contributed by atoms with Gasteiger partial charge < -0.3 is 9.73 Å². The van der Waals surface area contributed by atoms with Crippen LogP contribution in [0.4, 0.5) is 0 Å². The lowest BCUT2D eigenvalue weighted by molar-refractivity contribution is -0.123. The van der Waals surface area contributed by atoms with Gasteiger partial charge >= 0.3 is 5.76 Å². The van der Waals surface area contributed by atoms with Crippen LogP contribution in [0.5, 0.6) is 0 Å². The highest BCUT2D eigenvalue weighted by molar-refractivity contribution is 6.31. The first-order valence-electron chi connectivity index (χ1n) is 8.80. The Bertz CT molecular complexity index is 813. The van der Waals surface area contributed by atoms with Crippen molar-refractivity contribution in [1.82, 2.24) is 14.8 Å². The Balaban J connectivity index is 1.76. The summed E-state index contributed by atoms with van der Waals surface area (Å²) in [6.07, 6.45) is 2.72. The SMILES string of the molecule is CC[C@H](C)NC(=O)CN1CCC[C@H](n2c(=O)oc3ccc(Cl)cc32)C1. The predicted molar refractivity (Wildman–Crippen MR) is 98.1 cm³/mol. The molecular formula is C18H24ClN3O3. The van der Waals surface area contributed by atoms with E-state index in [-0.39, 0.29) is 23.7 Å². The van der Waals surface area contributed by atoms with Crippen molar-refractivity contribution in [2.24, 2.45) is 0 Å². The predicted octanol–water partition coefficient (Wildman–Crippen LogP) is 2.80. The molecule has 0 spiro atoms. The first-order valence-corrected chi connectivity index (χ1v) is 9.18. The van der Waals surface area contributed by atoms with Gasteiger partial charge in [0.2, 0.25) is 5.91 Å². The molecule has 1 aromatic carbocycles. The Morgan fingerprint density at radius 3 is 3.04 bits per heavy atom. The number of hydrogen-bond acceptors (Lipinski definition) is 4. The van der Waals surface area contributed by atoms with Crippen LogP contribution in [0.25, 0.3) is 11.1 Å². The van der Waals surface area contributed by atoms with Gasteiger partial charge in [0, 0.05) is 17.6 Å². The van der Waals surface area contributed by atoms with Crippen molar-refractivity contribution in [2.45, 2.75) is 45.2 Å². The van der Waals surface area contributed by atoms with Gasteiger partial charge in [0.05, 0.1) is 18.1 Å². The van der Waals surface area contributed by atoms with E-state index in [2.05, 4.69) is 10.2 Å². The standard InChI is InChI=1S/C18H24ClN3O3/c1-3-12(2)20-17(23)11-21-8-4-5-14(10-21)22-15-9-13(19)6-7-16(15)25-18(22)24/h6-7,9,12,14H,3-5,8,10-11H2,1-2H3,(H,20,23)/t12-,14-/m0/s1. The van der Waals surface area contributed by atoms with Gasteiger partial charge in [0.25, 0.3) is 0 Å². The van der Waals surface area contributed by atoms with E-state index in [9.17, 15) is 9.59 Å². The lowest BCUT2D eigenvalue weighted by Gasteiger charge is -2.32. The maximum Gasteiger partial charge on any atom is 0.420 e.